The summed E-state index contributed by atoms with van der Waals surface area (Å²) in [5.41, 5.74) is 0. The van der Waals surface area contributed by atoms with Gasteiger partial charge in [0, 0.05) is 6.42 Å². The summed E-state index contributed by atoms with van der Waals surface area (Å²) in [4.78, 5) is 0. The minimum atomic E-state index is -1.33. The Morgan fingerprint density at radius 3 is 2.86 bits per heavy atom. The Kier molecular flexibility index (Phi) is 1.42. The smallest absolute Gasteiger partial charge is 0.263 e. The average molecular weight is 117 g/mol. The summed E-state index contributed by atoms with van der Waals surface area (Å²) < 4.78 is 14.9. The van der Waals surface area contributed by atoms with Gasteiger partial charge in [0.2, 0.25) is 0 Å². The average Bonchev–Trinajstić information content (AvgIpc) is 1.69. The molecule has 0 aromatic carbocycles. The van der Waals surface area contributed by atoms with Gasteiger partial charge in [-0.1, -0.05) is 0 Å². The van der Waals surface area contributed by atoms with Gasteiger partial charge in [-0.15, -0.1) is 0 Å². The van der Waals surface area contributed by atoms with Crippen LogP contribution in [0, 0.1) is 0 Å². The zero-order chi connectivity index (χ0) is 5.11. The van der Waals surface area contributed by atoms with E-state index in [2.05, 4.69) is 4.52 Å². The number of hydrogen-bond acceptors (Lipinski definition) is 2. The van der Waals surface area contributed by atoms with Crippen molar-refractivity contribution >= 4 is 8.03 Å². The van der Waals surface area contributed by atoms with Crippen molar-refractivity contribution < 1.29 is 9.09 Å². The maximum absolute atomic E-state index is 10.3. The molecule has 0 radical (unpaired) electrons. The highest BCUT2D eigenvalue weighted by Gasteiger charge is 2.16. The highest BCUT2D eigenvalue weighted by molar-refractivity contribution is 7.39. The second-order valence-electron chi connectivity index (χ2n) is 1.32. The highest BCUT2D eigenvalue weighted by Crippen LogP contribution is 2.26. The molecule has 0 fully saturated rings. The normalized spacial score (nSPS) is 24.3. The van der Waals surface area contributed by atoms with Crippen molar-refractivity contribution in [1.82, 2.24) is 0 Å². The van der Waals surface area contributed by atoms with Crippen LogP contribution in [0.25, 0.3) is 0 Å². The fourth-order valence-corrected chi connectivity index (χ4v) is 1.10. The van der Waals surface area contributed by atoms with Crippen LogP contribution in [0.5, 0.6) is 0 Å². The van der Waals surface area contributed by atoms with Crippen molar-refractivity contribution in [2.24, 2.45) is 0 Å². The Bertz CT molecular complexity index is 108. The first-order valence-electron chi connectivity index (χ1n) is 2.16. The zero-order valence-corrected chi connectivity index (χ0v) is 4.73. The molecule has 0 bridgehead atoms. The van der Waals surface area contributed by atoms with Crippen molar-refractivity contribution in [1.29, 1.82) is 0 Å². The van der Waals surface area contributed by atoms with Crippen molar-refractivity contribution in [3.05, 3.63) is 12.3 Å². The molecule has 38 valence electrons. The Balaban J connectivity index is 2.47. The van der Waals surface area contributed by atoms with Crippen molar-refractivity contribution in [2.75, 3.05) is 6.16 Å². The lowest BCUT2D eigenvalue weighted by atomic mass is 10.5. The third-order valence-electron chi connectivity index (χ3n) is 0.753. The molecule has 0 spiro atoms. The van der Waals surface area contributed by atoms with E-state index in [0.29, 0.717) is 6.16 Å². The molecule has 0 aliphatic carbocycles. The molecule has 1 atom stereocenters. The molecule has 0 saturated carbocycles. The van der Waals surface area contributed by atoms with E-state index in [-0.39, 0.29) is 0 Å². The quantitative estimate of drug-likeness (QED) is 0.451. The van der Waals surface area contributed by atoms with E-state index in [1.807, 2.05) is 6.08 Å². The first-order chi connectivity index (χ1) is 3.39. The van der Waals surface area contributed by atoms with E-state index in [4.69, 9.17) is 0 Å². The molecule has 0 aromatic rings. The van der Waals surface area contributed by atoms with Gasteiger partial charge >= 0.3 is 8.03 Å². The van der Waals surface area contributed by atoms with Gasteiger partial charge in [-0.2, -0.15) is 0 Å². The number of rotatable bonds is 0. The molecule has 2 nitrogen and oxygen atoms in total. The molecule has 1 aliphatic rings. The van der Waals surface area contributed by atoms with E-state index in [1.165, 1.54) is 6.26 Å². The molecule has 0 amide bonds. The molecular formula is C4H6O2P+. The fraction of sp³-hybridized carbons (Fsp3) is 0.500. The third-order valence-corrected chi connectivity index (χ3v) is 1.73. The van der Waals surface area contributed by atoms with Crippen LogP contribution in [-0.4, -0.2) is 6.16 Å². The van der Waals surface area contributed by atoms with Crippen molar-refractivity contribution in [3.8, 4) is 0 Å². The fourth-order valence-electron chi connectivity index (χ4n) is 0.412. The molecule has 1 rings (SSSR count). The minimum absolute atomic E-state index is 0.686. The van der Waals surface area contributed by atoms with E-state index in [1.54, 1.807) is 0 Å². The minimum Gasteiger partial charge on any atom is -0.263 e. The van der Waals surface area contributed by atoms with Crippen LogP contribution >= 0.6 is 8.03 Å². The molecule has 0 N–H and O–H groups in total. The topological polar surface area (TPSA) is 26.3 Å². The summed E-state index contributed by atoms with van der Waals surface area (Å²) in [6.45, 7) is 0. The van der Waals surface area contributed by atoms with Gasteiger partial charge in [0.25, 0.3) is 0 Å². The van der Waals surface area contributed by atoms with Crippen LogP contribution in [-0.2, 0) is 9.09 Å². The van der Waals surface area contributed by atoms with Crippen LogP contribution in [0.1, 0.15) is 6.42 Å². The van der Waals surface area contributed by atoms with E-state index < -0.39 is 8.03 Å². The summed E-state index contributed by atoms with van der Waals surface area (Å²) in [6.07, 6.45) is 4.96. The van der Waals surface area contributed by atoms with Crippen molar-refractivity contribution in [3.63, 3.8) is 0 Å². The second-order valence-corrected chi connectivity index (χ2v) is 2.65. The van der Waals surface area contributed by atoms with Crippen molar-refractivity contribution in [2.45, 2.75) is 6.42 Å². The van der Waals surface area contributed by atoms with Gasteiger partial charge < -0.3 is 0 Å². The van der Waals surface area contributed by atoms with E-state index in [0.717, 1.165) is 6.42 Å². The standard InChI is InChI=1S/C4H6O2P/c5-7-4-2-1-3-6-7/h1,3H,2,4H2/q+1. The first-order valence-corrected chi connectivity index (χ1v) is 3.52. The Morgan fingerprint density at radius 2 is 2.57 bits per heavy atom. The van der Waals surface area contributed by atoms with Gasteiger partial charge in [-0.3, -0.25) is 4.52 Å². The first kappa shape index (κ1) is 4.79. The largest absolute Gasteiger partial charge is 0.555 e. The van der Waals surface area contributed by atoms with Gasteiger partial charge in [-0.25, -0.2) is 0 Å². The second kappa shape index (κ2) is 2.08. The van der Waals surface area contributed by atoms with Crippen LogP contribution < -0.4 is 0 Å². The molecule has 0 aromatic heterocycles. The van der Waals surface area contributed by atoms with Crippen LogP contribution in [0.2, 0.25) is 0 Å². The predicted molar refractivity (Wildman–Crippen MR) is 27.3 cm³/mol. The summed E-state index contributed by atoms with van der Waals surface area (Å²) in [5.74, 6) is 0. The SMILES string of the molecule is O=[P+]1CCC=CO1. The Labute approximate surface area is 43.0 Å². The monoisotopic (exact) mass is 117 g/mol. The van der Waals surface area contributed by atoms with Gasteiger partial charge in [0.05, 0.1) is 0 Å². The number of hydrogen-bond donors (Lipinski definition) is 0. The maximum atomic E-state index is 10.3. The summed E-state index contributed by atoms with van der Waals surface area (Å²) in [5, 5.41) is 0. The number of allylic oxidation sites excluding steroid dienone is 1. The van der Waals surface area contributed by atoms with E-state index in [9.17, 15) is 4.57 Å². The summed E-state index contributed by atoms with van der Waals surface area (Å²) in [7, 11) is -1.33. The van der Waals surface area contributed by atoms with Crippen LogP contribution in [0.15, 0.2) is 12.3 Å². The molecule has 1 aliphatic heterocycles. The van der Waals surface area contributed by atoms with Crippen LogP contribution in [0.3, 0.4) is 0 Å². The molecular weight excluding hydrogens is 111 g/mol. The molecule has 7 heavy (non-hydrogen) atoms. The Morgan fingerprint density at radius 1 is 1.71 bits per heavy atom. The lowest BCUT2D eigenvalue weighted by Crippen LogP contribution is -1.81. The van der Waals surface area contributed by atoms with Gasteiger partial charge in [-0.05, 0) is 10.6 Å². The van der Waals surface area contributed by atoms with E-state index >= 15 is 0 Å². The maximum Gasteiger partial charge on any atom is 0.555 e. The predicted octanol–water partition coefficient (Wildman–Crippen LogP) is 1.66. The van der Waals surface area contributed by atoms with Gasteiger partial charge in [0.1, 0.15) is 6.26 Å². The third kappa shape index (κ3) is 1.28. The molecule has 1 heterocycles. The lowest BCUT2D eigenvalue weighted by molar-refractivity contribution is 0.454. The summed E-state index contributed by atoms with van der Waals surface area (Å²) in [6, 6.07) is 0. The Hall–Kier alpha value is -0.360. The summed E-state index contributed by atoms with van der Waals surface area (Å²) >= 11 is 0. The lowest BCUT2D eigenvalue weighted by Gasteiger charge is -1.86. The zero-order valence-electron chi connectivity index (χ0n) is 3.83. The highest BCUT2D eigenvalue weighted by atomic mass is 31.1. The molecule has 0 saturated heterocycles. The van der Waals surface area contributed by atoms with Crippen LogP contribution in [0.4, 0.5) is 0 Å². The molecule has 3 heteroatoms. The van der Waals surface area contributed by atoms with Gasteiger partial charge in [0.15, 0.2) is 6.16 Å². The molecule has 1 unspecified atom stereocenters.